The third kappa shape index (κ3) is 6.95. The summed E-state index contributed by atoms with van der Waals surface area (Å²) >= 11 is 1.18. The van der Waals surface area contributed by atoms with Crippen LogP contribution in [0.15, 0.2) is 29.4 Å². The van der Waals surface area contributed by atoms with Gasteiger partial charge in [0.15, 0.2) is 0 Å². The van der Waals surface area contributed by atoms with Gasteiger partial charge in [-0.3, -0.25) is 10.0 Å². The maximum Gasteiger partial charge on any atom is 0.243 e. The smallest absolute Gasteiger partial charge is 0.243 e. The molecular formula is C17H24N2O5S. The Labute approximate surface area is 152 Å². The number of unbranched alkanes of at least 4 members (excludes halogenated alkanes) is 3. The first-order valence-electron chi connectivity index (χ1n) is 8.39. The fourth-order valence-electron chi connectivity index (χ4n) is 2.29. The zero-order chi connectivity index (χ0) is 17.9. The highest BCUT2D eigenvalue weighted by molar-refractivity contribution is 7.98. The van der Waals surface area contributed by atoms with Crippen LogP contribution in [-0.2, 0) is 13.9 Å². The van der Waals surface area contributed by atoms with Crippen molar-refractivity contribution in [2.24, 2.45) is 0 Å². The zero-order valence-electron chi connectivity index (χ0n) is 14.3. The van der Waals surface area contributed by atoms with Gasteiger partial charge in [0.2, 0.25) is 11.0 Å². The maximum absolute atomic E-state index is 10.9. The lowest BCUT2D eigenvalue weighted by molar-refractivity contribution is -0.259. The molecule has 0 bridgehead atoms. The van der Waals surface area contributed by atoms with E-state index >= 15 is 0 Å². The second-order valence-corrected chi connectivity index (χ2v) is 6.16. The van der Waals surface area contributed by atoms with E-state index in [1.54, 1.807) is 5.48 Å². The van der Waals surface area contributed by atoms with E-state index in [2.05, 4.69) is 0 Å². The Bertz CT molecular complexity index is 582. The third-order valence-electron chi connectivity index (χ3n) is 3.51. The van der Waals surface area contributed by atoms with Crippen molar-refractivity contribution >= 4 is 24.0 Å². The summed E-state index contributed by atoms with van der Waals surface area (Å²) in [6.07, 6.45) is 5.75. The molecule has 1 fully saturated rings. The normalized spacial score (nSPS) is 16.0. The molecule has 1 aromatic rings. The van der Waals surface area contributed by atoms with Crippen LogP contribution in [0.4, 0.5) is 0 Å². The molecule has 138 valence electrons. The first kappa shape index (κ1) is 19.6. The van der Waals surface area contributed by atoms with E-state index in [1.165, 1.54) is 17.3 Å². The molecule has 0 atom stereocenters. The van der Waals surface area contributed by atoms with Crippen LogP contribution < -0.4 is 10.2 Å². The van der Waals surface area contributed by atoms with Crippen LogP contribution in [-0.4, -0.2) is 29.5 Å². The lowest BCUT2D eigenvalue weighted by atomic mass is 10.1. The highest BCUT2D eigenvalue weighted by atomic mass is 32.2. The largest absolute Gasteiger partial charge is 0.493 e. The molecule has 2 N–H and O–H groups in total. The summed E-state index contributed by atoms with van der Waals surface area (Å²) in [5.41, 5.74) is 2.58. The van der Waals surface area contributed by atoms with Crippen molar-refractivity contribution in [3.05, 3.63) is 34.9 Å². The van der Waals surface area contributed by atoms with Gasteiger partial charge in [0.05, 0.1) is 25.2 Å². The molecule has 1 saturated heterocycles. The highest BCUT2D eigenvalue weighted by Crippen LogP contribution is 2.33. The van der Waals surface area contributed by atoms with Gasteiger partial charge in [0.1, 0.15) is 5.75 Å². The first-order valence-corrected chi connectivity index (χ1v) is 9.13. The molecule has 1 heterocycles. The Morgan fingerprint density at radius 3 is 2.92 bits per heavy atom. The maximum atomic E-state index is 10.9. The Morgan fingerprint density at radius 2 is 2.12 bits per heavy atom. The van der Waals surface area contributed by atoms with Crippen LogP contribution >= 0.6 is 12.0 Å². The van der Waals surface area contributed by atoms with Gasteiger partial charge in [-0.05, 0) is 31.1 Å². The summed E-state index contributed by atoms with van der Waals surface area (Å²) in [7, 11) is 0. The number of hydrogen-bond donors (Lipinski definition) is 2. The van der Waals surface area contributed by atoms with Gasteiger partial charge in [0.25, 0.3) is 0 Å². The highest BCUT2D eigenvalue weighted by Gasteiger charge is 2.21. The molecular weight excluding hydrogens is 344 g/mol. The van der Waals surface area contributed by atoms with Crippen LogP contribution in [0.25, 0.3) is 6.08 Å². The minimum absolute atomic E-state index is 0.342. The Hall–Kier alpha value is -1.74. The number of hydrogen-bond acceptors (Lipinski definition) is 7. The standard InChI is InChI=1S/C17H24N2O5S/c1-2-22-15-10-7-6-9-14(15)13-17-23-19(24-25-17)12-8-4-3-5-11-16(20)18-21/h6-7,9-10,13,21H,2-5,8,11-12H2,1H3,(H,18,20). The van der Waals surface area contributed by atoms with Gasteiger partial charge < -0.3 is 9.57 Å². The topological polar surface area (TPSA) is 80.3 Å². The molecule has 1 aliphatic heterocycles. The van der Waals surface area contributed by atoms with Gasteiger partial charge in [-0.2, -0.15) is 4.28 Å². The number of carbonyl (C=O) groups is 1. The fourth-order valence-corrected chi connectivity index (χ4v) is 2.84. The van der Waals surface area contributed by atoms with E-state index in [-0.39, 0.29) is 5.91 Å². The molecule has 1 aliphatic rings. The number of hydroxylamine groups is 3. The average Bonchev–Trinajstić information content (AvgIpc) is 3.07. The molecule has 0 aliphatic carbocycles. The number of ether oxygens (including phenoxy) is 1. The fraction of sp³-hybridized carbons (Fsp3) is 0.471. The summed E-state index contributed by atoms with van der Waals surface area (Å²) in [5.74, 6) is 0.469. The first-order chi connectivity index (χ1) is 12.2. The Morgan fingerprint density at radius 1 is 1.32 bits per heavy atom. The lowest BCUT2D eigenvalue weighted by Crippen LogP contribution is -2.18. The van der Waals surface area contributed by atoms with E-state index in [4.69, 9.17) is 19.1 Å². The second-order valence-electron chi connectivity index (χ2n) is 5.44. The van der Waals surface area contributed by atoms with Crippen LogP contribution in [0.1, 0.15) is 44.6 Å². The molecule has 0 radical (unpaired) electrons. The average molecular weight is 368 g/mol. The number of amides is 1. The minimum Gasteiger partial charge on any atom is -0.493 e. The zero-order valence-corrected chi connectivity index (χ0v) is 15.1. The number of para-hydroxylation sites is 1. The van der Waals surface area contributed by atoms with Crippen molar-refractivity contribution in [2.75, 3.05) is 13.2 Å². The van der Waals surface area contributed by atoms with Crippen LogP contribution in [0.3, 0.4) is 0 Å². The van der Waals surface area contributed by atoms with E-state index in [9.17, 15) is 4.79 Å². The summed E-state index contributed by atoms with van der Waals surface area (Å²) in [5, 5.41) is 10.5. The summed E-state index contributed by atoms with van der Waals surface area (Å²) in [6, 6.07) is 7.77. The molecule has 2 rings (SSSR count). The molecule has 0 spiro atoms. The van der Waals surface area contributed by atoms with Crippen molar-refractivity contribution in [3.8, 4) is 5.75 Å². The third-order valence-corrected chi connectivity index (χ3v) is 4.10. The Kier molecular flexibility index (Phi) is 8.61. The molecule has 25 heavy (non-hydrogen) atoms. The molecule has 8 heteroatoms. The van der Waals surface area contributed by atoms with Gasteiger partial charge >= 0.3 is 0 Å². The minimum atomic E-state index is -0.343. The molecule has 0 saturated carbocycles. The van der Waals surface area contributed by atoms with Crippen molar-refractivity contribution in [1.82, 2.24) is 10.7 Å². The van der Waals surface area contributed by atoms with E-state index < -0.39 is 0 Å². The summed E-state index contributed by atoms with van der Waals surface area (Å²) < 4.78 is 11.0. The number of benzene rings is 1. The Balaban J connectivity index is 1.70. The molecule has 0 unspecified atom stereocenters. The molecule has 1 amide bonds. The van der Waals surface area contributed by atoms with Crippen molar-refractivity contribution in [2.45, 2.75) is 39.0 Å². The molecule has 0 aromatic heterocycles. The van der Waals surface area contributed by atoms with Crippen LogP contribution in [0.2, 0.25) is 0 Å². The number of carbonyl (C=O) groups excluding carboxylic acids is 1. The monoisotopic (exact) mass is 368 g/mol. The van der Waals surface area contributed by atoms with E-state index in [0.29, 0.717) is 24.7 Å². The van der Waals surface area contributed by atoms with Gasteiger partial charge in [-0.15, -0.1) is 0 Å². The predicted molar refractivity (Wildman–Crippen MR) is 95.1 cm³/mol. The summed E-state index contributed by atoms with van der Waals surface area (Å²) in [4.78, 5) is 16.5. The van der Waals surface area contributed by atoms with Crippen LogP contribution in [0, 0.1) is 0 Å². The van der Waals surface area contributed by atoms with Gasteiger partial charge in [-0.1, -0.05) is 31.0 Å². The number of nitrogens with zero attached hydrogens (tertiary/aromatic N) is 1. The van der Waals surface area contributed by atoms with Crippen molar-refractivity contribution in [3.63, 3.8) is 0 Å². The van der Waals surface area contributed by atoms with E-state index in [1.807, 2.05) is 37.3 Å². The predicted octanol–water partition coefficient (Wildman–Crippen LogP) is 3.67. The van der Waals surface area contributed by atoms with Gasteiger partial charge in [-0.25, -0.2) is 5.48 Å². The number of nitrogens with one attached hydrogen (secondary N) is 1. The van der Waals surface area contributed by atoms with Crippen LogP contribution in [0.5, 0.6) is 5.75 Å². The second kappa shape index (κ2) is 11.0. The van der Waals surface area contributed by atoms with Crippen molar-refractivity contribution < 1.29 is 23.9 Å². The quantitative estimate of drug-likeness (QED) is 0.282. The number of rotatable bonds is 10. The molecule has 1 aromatic carbocycles. The van der Waals surface area contributed by atoms with E-state index in [0.717, 1.165) is 37.0 Å². The summed E-state index contributed by atoms with van der Waals surface area (Å²) in [6.45, 7) is 3.20. The van der Waals surface area contributed by atoms with Gasteiger partial charge in [0, 0.05) is 18.1 Å². The van der Waals surface area contributed by atoms with Crippen molar-refractivity contribution in [1.29, 1.82) is 0 Å². The lowest BCUT2D eigenvalue weighted by Gasteiger charge is -2.10. The SMILES string of the molecule is CCOc1ccccc1C=C1ON(CCCCCCC(=O)NO)OS1. The molecule has 7 nitrogen and oxygen atoms in total.